The number of nitrogens with zero attached hydrogens (tertiary/aromatic N) is 1. The Hall–Kier alpha value is -2.41. The van der Waals surface area contributed by atoms with Crippen molar-refractivity contribution in [3.05, 3.63) is 65.0 Å². The Morgan fingerprint density at radius 3 is 2.52 bits per heavy atom. The second-order valence-corrected chi connectivity index (χ2v) is 9.84. The molecule has 0 saturated carbocycles. The Bertz CT molecular complexity index is 988. The summed E-state index contributed by atoms with van der Waals surface area (Å²) in [4.78, 5) is 14.8. The molecular weight excluding hydrogens is 393 g/mol. The zero-order chi connectivity index (χ0) is 21.2. The Kier molecular flexibility index (Phi) is 6.27. The molecule has 0 N–H and O–H groups in total. The molecule has 2 aromatic carbocycles. The molecule has 0 aromatic heterocycles. The highest BCUT2D eigenvalue weighted by molar-refractivity contribution is 7.91. The van der Waals surface area contributed by atoms with E-state index >= 15 is 0 Å². The van der Waals surface area contributed by atoms with Crippen LogP contribution < -0.4 is 4.74 Å². The summed E-state index contributed by atoms with van der Waals surface area (Å²) in [5, 5.41) is 0. The SMILES string of the molecule is Cc1cccc(OC(C)C(=O)N(Cc2ccc(F)cc2)C2CCS(=O)(=O)C2)c1C. The number of rotatable bonds is 6. The lowest BCUT2D eigenvalue weighted by atomic mass is 10.1. The van der Waals surface area contributed by atoms with Crippen molar-refractivity contribution >= 4 is 15.7 Å². The fourth-order valence-electron chi connectivity index (χ4n) is 3.52. The molecule has 0 spiro atoms. The van der Waals surface area contributed by atoms with Crippen LogP contribution in [0, 0.1) is 19.7 Å². The van der Waals surface area contributed by atoms with E-state index in [0.29, 0.717) is 12.2 Å². The van der Waals surface area contributed by atoms with Crippen LogP contribution >= 0.6 is 0 Å². The van der Waals surface area contributed by atoms with Crippen molar-refractivity contribution in [1.29, 1.82) is 0 Å². The van der Waals surface area contributed by atoms with Crippen molar-refractivity contribution in [2.24, 2.45) is 0 Å². The average molecular weight is 420 g/mol. The number of halogens is 1. The van der Waals surface area contributed by atoms with Crippen LogP contribution in [0.2, 0.25) is 0 Å². The van der Waals surface area contributed by atoms with E-state index in [1.165, 1.54) is 12.1 Å². The van der Waals surface area contributed by atoms with Crippen LogP contribution in [0.3, 0.4) is 0 Å². The van der Waals surface area contributed by atoms with Gasteiger partial charge in [-0.2, -0.15) is 0 Å². The number of benzene rings is 2. The van der Waals surface area contributed by atoms with Crippen LogP contribution in [0.5, 0.6) is 5.75 Å². The minimum atomic E-state index is -3.16. The van der Waals surface area contributed by atoms with Crippen LogP contribution in [0.1, 0.15) is 30.0 Å². The summed E-state index contributed by atoms with van der Waals surface area (Å²) in [5.74, 6) is -0.00150. The molecule has 0 radical (unpaired) electrons. The summed E-state index contributed by atoms with van der Waals surface area (Å²) in [7, 11) is -3.16. The second-order valence-electron chi connectivity index (χ2n) is 7.61. The van der Waals surface area contributed by atoms with Crippen molar-refractivity contribution in [2.45, 2.75) is 45.9 Å². The zero-order valence-electron chi connectivity index (χ0n) is 16.9. The third-order valence-electron chi connectivity index (χ3n) is 5.40. The number of carbonyl (C=O) groups is 1. The standard InChI is InChI=1S/C22H26FNO4S/c1-15-5-4-6-21(16(15)2)28-17(3)22(25)24(20-11-12-29(26,27)14-20)13-18-7-9-19(23)10-8-18/h4-10,17,20H,11-14H2,1-3H3. The molecule has 3 rings (SSSR count). The molecule has 0 aliphatic carbocycles. The van der Waals surface area contributed by atoms with Gasteiger partial charge in [0, 0.05) is 12.6 Å². The Labute approximate surface area is 171 Å². The lowest BCUT2D eigenvalue weighted by Crippen LogP contribution is -2.46. The topological polar surface area (TPSA) is 63.7 Å². The van der Waals surface area contributed by atoms with Gasteiger partial charge < -0.3 is 9.64 Å². The Morgan fingerprint density at radius 2 is 1.90 bits per heavy atom. The van der Waals surface area contributed by atoms with Gasteiger partial charge in [-0.1, -0.05) is 24.3 Å². The molecule has 1 aliphatic rings. The van der Waals surface area contributed by atoms with Gasteiger partial charge in [0.2, 0.25) is 0 Å². The van der Waals surface area contributed by atoms with E-state index in [4.69, 9.17) is 4.74 Å². The van der Waals surface area contributed by atoms with Gasteiger partial charge in [-0.25, -0.2) is 12.8 Å². The van der Waals surface area contributed by atoms with E-state index < -0.39 is 22.0 Å². The first-order chi connectivity index (χ1) is 13.7. The molecule has 29 heavy (non-hydrogen) atoms. The van der Waals surface area contributed by atoms with E-state index in [9.17, 15) is 17.6 Å². The van der Waals surface area contributed by atoms with Crippen molar-refractivity contribution in [2.75, 3.05) is 11.5 Å². The average Bonchev–Trinajstić information content (AvgIpc) is 3.04. The zero-order valence-corrected chi connectivity index (χ0v) is 17.7. The number of carbonyl (C=O) groups excluding carboxylic acids is 1. The maximum absolute atomic E-state index is 13.2. The lowest BCUT2D eigenvalue weighted by molar-refractivity contribution is -0.140. The Balaban J connectivity index is 1.82. The quantitative estimate of drug-likeness (QED) is 0.720. The van der Waals surface area contributed by atoms with Gasteiger partial charge in [0.25, 0.3) is 5.91 Å². The molecule has 2 aromatic rings. The lowest BCUT2D eigenvalue weighted by Gasteiger charge is -2.31. The third-order valence-corrected chi connectivity index (χ3v) is 7.16. The molecule has 1 heterocycles. The molecule has 1 aliphatic heterocycles. The number of hydrogen-bond acceptors (Lipinski definition) is 4. The number of aryl methyl sites for hydroxylation is 1. The highest BCUT2D eigenvalue weighted by atomic mass is 32.2. The van der Waals surface area contributed by atoms with Gasteiger partial charge in [0.15, 0.2) is 15.9 Å². The molecular formula is C22H26FNO4S. The summed E-state index contributed by atoms with van der Waals surface area (Å²) < 4.78 is 43.2. The first-order valence-electron chi connectivity index (χ1n) is 9.64. The van der Waals surface area contributed by atoms with Crippen LogP contribution in [-0.4, -0.2) is 42.9 Å². The van der Waals surface area contributed by atoms with Crippen LogP contribution in [0.15, 0.2) is 42.5 Å². The molecule has 1 amide bonds. The van der Waals surface area contributed by atoms with Gasteiger partial charge in [-0.05, 0) is 62.1 Å². The summed E-state index contributed by atoms with van der Waals surface area (Å²) >= 11 is 0. The fraction of sp³-hybridized carbons (Fsp3) is 0.409. The number of amides is 1. The summed E-state index contributed by atoms with van der Waals surface area (Å²) in [6.45, 7) is 5.78. The first kappa shape index (κ1) is 21.3. The van der Waals surface area contributed by atoms with Gasteiger partial charge in [-0.3, -0.25) is 4.79 Å². The highest BCUT2D eigenvalue weighted by Crippen LogP contribution is 2.25. The molecule has 2 unspecified atom stereocenters. The van der Waals surface area contributed by atoms with Crippen LogP contribution in [-0.2, 0) is 21.2 Å². The van der Waals surface area contributed by atoms with Crippen LogP contribution in [0.25, 0.3) is 0 Å². The minimum Gasteiger partial charge on any atom is -0.481 e. The van der Waals surface area contributed by atoms with E-state index in [0.717, 1.165) is 16.7 Å². The van der Waals surface area contributed by atoms with Gasteiger partial charge in [0.1, 0.15) is 11.6 Å². The smallest absolute Gasteiger partial charge is 0.263 e. The summed E-state index contributed by atoms with van der Waals surface area (Å²) in [6, 6.07) is 11.1. The first-order valence-corrected chi connectivity index (χ1v) is 11.5. The van der Waals surface area contributed by atoms with E-state index in [2.05, 4.69) is 0 Å². The third kappa shape index (κ3) is 5.15. The summed E-state index contributed by atoms with van der Waals surface area (Å²) in [5.41, 5.74) is 2.76. The second kappa shape index (κ2) is 8.53. The fourth-order valence-corrected chi connectivity index (χ4v) is 5.25. The van der Waals surface area contributed by atoms with E-state index in [1.807, 2.05) is 32.0 Å². The minimum absolute atomic E-state index is 0.0594. The molecule has 5 nitrogen and oxygen atoms in total. The van der Waals surface area contributed by atoms with Gasteiger partial charge in [-0.15, -0.1) is 0 Å². The molecule has 1 saturated heterocycles. The molecule has 156 valence electrons. The van der Waals surface area contributed by atoms with Crippen LogP contribution in [0.4, 0.5) is 4.39 Å². The van der Waals surface area contributed by atoms with E-state index in [1.54, 1.807) is 24.0 Å². The molecule has 1 fully saturated rings. The molecule has 7 heteroatoms. The maximum Gasteiger partial charge on any atom is 0.263 e. The number of hydrogen-bond donors (Lipinski definition) is 0. The van der Waals surface area contributed by atoms with Gasteiger partial charge in [0.05, 0.1) is 11.5 Å². The normalized spacial score (nSPS) is 19.0. The predicted molar refractivity (Wildman–Crippen MR) is 110 cm³/mol. The monoisotopic (exact) mass is 419 g/mol. The Morgan fingerprint density at radius 1 is 1.21 bits per heavy atom. The van der Waals surface area contributed by atoms with Crippen molar-refractivity contribution in [1.82, 2.24) is 4.90 Å². The molecule has 2 atom stereocenters. The molecule has 0 bridgehead atoms. The number of sulfone groups is 1. The summed E-state index contributed by atoms with van der Waals surface area (Å²) in [6.07, 6.45) is -0.384. The van der Waals surface area contributed by atoms with Crippen molar-refractivity contribution in [3.8, 4) is 5.75 Å². The largest absolute Gasteiger partial charge is 0.481 e. The van der Waals surface area contributed by atoms with Gasteiger partial charge >= 0.3 is 0 Å². The van der Waals surface area contributed by atoms with Crippen molar-refractivity contribution < 1.29 is 22.3 Å². The predicted octanol–water partition coefficient (Wildman–Crippen LogP) is 3.43. The van der Waals surface area contributed by atoms with E-state index in [-0.39, 0.29) is 29.8 Å². The number of ether oxygens (including phenoxy) is 1. The van der Waals surface area contributed by atoms with Crippen molar-refractivity contribution in [3.63, 3.8) is 0 Å². The maximum atomic E-state index is 13.2. The highest BCUT2D eigenvalue weighted by Gasteiger charge is 2.36.